The third-order valence-electron chi connectivity index (χ3n) is 15.4. The molecule has 6 N–H and O–H groups in total. The van der Waals surface area contributed by atoms with Gasteiger partial charge in [-0.25, -0.2) is 4.39 Å². The van der Waals surface area contributed by atoms with Crippen LogP contribution in [0.1, 0.15) is 101 Å². The Kier molecular flexibility index (Phi) is 12.6. The van der Waals surface area contributed by atoms with Crippen molar-refractivity contribution in [2.75, 3.05) is 48.7 Å². The van der Waals surface area contributed by atoms with Gasteiger partial charge in [-0.3, -0.25) is 29.3 Å². The molecular weight excluding hydrogens is 907 g/mol. The van der Waals surface area contributed by atoms with Crippen LogP contribution in [-0.4, -0.2) is 89.7 Å². The number of nitrogens with one attached hydrogen (secondary N) is 6. The predicted molar refractivity (Wildman–Crippen MR) is 260 cm³/mol. The zero-order chi connectivity index (χ0) is 47.3. The second-order valence-electron chi connectivity index (χ2n) is 19.2. The number of anilines is 3. The molecule has 354 valence electrons. The van der Waals surface area contributed by atoms with E-state index in [0.717, 1.165) is 63.0 Å². The summed E-state index contributed by atoms with van der Waals surface area (Å²) in [6, 6.07) is 20.8. The molecule has 4 aromatic rings. The largest absolute Gasteiger partial charge is 0.384 e. The molecule has 6 aliphatic rings. The summed E-state index contributed by atoms with van der Waals surface area (Å²) in [4.78, 5) is 72.6. The summed E-state index contributed by atoms with van der Waals surface area (Å²) in [6.07, 6.45) is 7.05. The minimum absolute atomic E-state index is 0.0971. The number of rotatable bonds is 11. The quantitative estimate of drug-likeness (QED) is 0.0891. The topological polar surface area (TPSA) is 164 Å². The van der Waals surface area contributed by atoms with Crippen molar-refractivity contribution in [1.29, 1.82) is 0 Å². The Balaban J connectivity index is 0.741. The van der Waals surface area contributed by atoms with Crippen LogP contribution >= 0.6 is 23.2 Å². The van der Waals surface area contributed by atoms with Gasteiger partial charge >= 0.3 is 0 Å². The van der Waals surface area contributed by atoms with Crippen LogP contribution in [0.4, 0.5) is 21.5 Å². The zero-order valence-corrected chi connectivity index (χ0v) is 39.2. The number of hydrogen-bond donors (Lipinski definition) is 6. The second kappa shape index (κ2) is 18.6. The minimum atomic E-state index is -1.35. The first-order valence-corrected chi connectivity index (χ1v) is 24.5. The lowest BCUT2D eigenvalue weighted by Crippen LogP contribution is -2.60. The molecule has 1 unspecified atom stereocenters. The maximum atomic E-state index is 16.3. The Hall–Kier alpha value is -5.80. The van der Waals surface area contributed by atoms with Crippen LogP contribution in [0.3, 0.4) is 0 Å². The van der Waals surface area contributed by atoms with Gasteiger partial charge in [0.15, 0.2) is 0 Å². The molecule has 3 saturated heterocycles. The van der Waals surface area contributed by atoms with Crippen molar-refractivity contribution >= 4 is 69.8 Å². The predicted octanol–water partition coefficient (Wildman–Crippen LogP) is 7.72. The van der Waals surface area contributed by atoms with Gasteiger partial charge in [0.25, 0.3) is 11.8 Å². The average molecular weight is 962 g/mol. The van der Waals surface area contributed by atoms with E-state index in [1.165, 1.54) is 6.07 Å². The third kappa shape index (κ3) is 8.12. The van der Waals surface area contributed by atoms with Crippen molar-refractivity contribution < 1.29 is 28.4 Å². The molecule has 13 nitrogen and oxygen atoms in total. The molecular formula is C52H55Cl2FN8O5. The summed E-state index contributed by atoms with van der Waals surface area (Å²) in [6.45, 7) is 7.99. The van der Waals surface area contributed by atoms with Gasteiger partial charge in [0, 0.05) is 82.1 Å². The molecule has 0 aromatic heterocycles. The van der Waals surface area contributed by atoms with Gasteiger partial charge in [-0.2, -0.15) is 0 Å². The number of fused-ring (bicyclic) bond motifs is 4. The summed E-state index contributed by atoms with van der Waals surface area (Å²) in [5.41, 5.74) is 3.28. The number of likely N-dealkylation sites (tertiary alicyclic amines) is 1. The maximum Gasteiger partial charge on any atom is 0.255 e. The van der Waals surface area contributed by atoms with E-state index in [0.29, 0.717) is 90.0 Å². The monoisotopic (exact) mass is 960 g/mol. The van der Waals surface area contributed by atoms with Crippen molar-refractivity contribution in [1.82, 2.24) is 25.8 Å². The number of halogens is 3. The molecule has 5 aliphatic heterocycles. The molecule has 4 aromatic carbocycles. The number of carbonyl (C=O) groups excluding carboxylic acids is 5. The molecule has 4 atom stereocenters. The van der Waals surface area contributed by atoms with Crippen LogP contribution in [0.15, 0.2) is 91.1 Å². The highest BCUT2D eigenvalue weighted by atomic mass is 35.5. The zero-order valence-electron chi connectivity index (χ0n) is 37.7. The van der Waals surface area contributed by atoms with E-state index in [1.54, 1.807) is 53.4 Å². The number of allylic oxidation sites excluding steroid dienone is 1. The number of piperidine rings is 2. The SMILES string of the molecule is C=C1CCC(N2Cc3c(NCC4CCN(CCNC(=O)c5ccc(NC(=O)[C@@H]6NC7(CCCCC7)[C@@]7(C(=O)Nc8cc(Cl)ccc87)[C@H]6c6cccc(Cl)c6F)cc5)CC4)cccc3C2=O)C(=O)N1. The fraction of sp³-hybridized carbons (Fsp3) is 0.404. The molecule has 68 heavy (non-hydrogen) atoms. The summed E-state index contributed by atoms with van der Waals surface area (Å²) in [5, 5.41) is 19.5. The Bertz CT molecular complexity index is 2700. The van der Waals surface area contributed by atoms with Crippen LogP contribution in [0, 0.1) is 11.7 Å². The van der Waals surface area contributed by atoms with Crippen molar-refractivity contribution in [3.63, 3.8) is 0 Å². The van der Waals surface area contributed by atoms with Gasteiger partial charge in [0.1, 0.15) is 17.3 Å². The highest BCUT2D eigenvalue weighted by Gasteiger charge is 2.72. The first kappa shape index (κ1) is 46.0. The van der Waals surface area contributed by atoms with Crippen molar-refractivity contribution in [2.24, 2.45) is 5.92 Å². The van der Waals surface area contributed by atoms with Crippen molar-refractivity contribution in [3.8, 4) is 0 Å². The standard InChI is InChI=1S/C52H55Cl2FN8O5/c1-30-11-18-42(47(65)58-30)63-29-37-35(49(63)67)7-6-10-40(37)57-28-31-19-24-62(25-20-31)26-23-56-46(64)32-12-15-34(16-13-32)59-48(66)45-43(36-8-5-9-39(54)44(36)55)52(51(61-45)21-3-2-4-22-51)38-17-14-33(53)27-41(38)60-50(52)68/h5-10,12-17,27,31,42-43,45,57,61H,1-4,11,18-26,28-29H2,(H,56,64)(H,58,65)(H,59,66)(H,60,68)/t42?,43-,45+,52+/m0/s1. The summed E-state index contributed by atoms with van der Waals surface area (Å²) in [7, 11) is 0. The highest BCUT2D eigenvalue weighted by molar-refractivity contribution is 6.31. The minimum Gasteiger partial charge on any atom is -0.384 e. The fourth-order valence-electron chi connectivity index (χ4n) is 12.1. The lowest BCUT2D eigenvalue weighted by atomic mass is 9.55. The molecule has 5 heterocycles. The molecule has 5 amide bonds. The van der Waals surface area contributed by atoms with Gasteiger partial charge in [-0.05, 0) is 123 Å². The number of amides is 5. The van der Waals surface area contributed by atoms with Crippen LogP contribution < -0.4 is 31.9 Å². The first-order chi connectivity index (χ1) is 32.9. The molecule has 10 rings (SSSR count). The molecule has 2 spiro atoms. The van der Waals surface area contributed by atoms with Crippen molar-refractivity contribution in [3.05, 3.63) is 135 Å². The summed E-state index contributed by atoms with van der Waals surface area (Å²) < 4.78 is 16.3. The highest BCUT2D eigenvalue weighted by Crippen LogP contribution is 2.63. The van der Waals surface area contributed by atoms with E-state index in [2.05, 4.69) is 43.4 Å². The summed E-state index contributed by atoms with van der Waals surface area (Å²) in [5.74, 6) is -2.46. The molecule has 0 radical (unpaired) electrons. The lowest BCUT2D eigenvalue weighted by molar-refractivity contribution is -0.126. The molecule has 4 fully saturated rings. The van der Waals surface area contributed by atoms with Gasteiger partial charge in [0.2, 0.25) is 17.7 Å². The van der Waals surface area contributed by atoms with E-state index in [-0.39, 0.29) is 34.2 Å². The number of nitrogens with zero attached hydrogens (tertiary/aromatic N) is 2. The lowest BCUT2D eigenvalue weighted by Gasteiger charge is -2.47. The molecule has 1 aliphatic carbocycles. The van der Waals surface area contributed by atoms with E-state index in [9.17, 15) is 24.0 Å². The molecule has 0 bridgehead atoms. The number of hydrogen-bond acceptors (Lipinski definition) is 8. The first-order valence-electron chi connectivity index (χ1n) is 23.8. The van der Waals surface area contributed by atoms with Gasteiger partial charge < -0.3 is 36.4 Å². The Labute approximate surface area is 404 Å². The maximum absolute atomic E-state index is 16.3. The molecule has 16 heteroatoms. The van der Waals surface area contributed by atoms with Crippen LogP contribution in [0.25, 0.3) is 0 Å². The van der Waals surface area contributed by atoms with E-state index in [1.807, 2.05) is 24.3 Å². The number of carbonyl (C=O) groups is 5. The Morgan fingerprint density at radius 2 is 1.66 bits per heavy atom. The Morgan fingerprint density at radius 1 is 0.897 bits per heavy atom. The van der Waals surface area contributed by atoms with Crippen LogP contribution in [0.2, 0.25) is 10.0 Å². The third-order valence-corrected chi connectivity index (χ3v) is 15.9. The smallest absolute Gasteiger partial charge is 0.255 e. The van der Waals surface area contributed by atoms with E-state index >= 15 is 4.39 Å². The van der Waals surface area contributed by atoms with Crippen LogP contribution in [-0.2, 0) is 26.3 Å². The number of benzene rings is 4. The van der Waals surface area contributed by atoms with Gasteiger partial charge in [-0.1, -0.05) is 73.3 Å². The van der Waals surface area contributed by atoms with E-state index < -0.39 is 40.7 Å². The van der Waals surface area contributed by atoms with Crippen molar-refractivity contribution in [2.45, 2.75) is 93.3 Å². The normalized spacial score (nSPS) is 24.5. The van der Waals surface area contributed by atoms with Crippen LogP contribution in [0.5, 0.6) is 0 Å². The molecule has 1 saturated carbocycles. The van der Waals surface area contributed by atoms with Gasteiger partial charge in [0.05, 0.1) is 11.1 Å². The summed E-state index contributed by atoms with van der Waals surface area (Å²) >= 11 is 12.8. The van der Waals surface area contributed by atoms with E-state index in [4.69, 9.17) is 23.2 Å². The fourth-order valence-corrected chi connectivity index (χ4v) is 12.4. The van der Waals surface area contributed by atoms with Gasteiger partial charge in [-0.15, -0.1) is 0 Å². The second-order valence-corrected chi connectivity index (χ2v) is 20.1. The average Bonchev–Trinajstić information content (AvgIpc) is 3.93. The Morgan fingerprint density at radius 3 is 2.43 bits per heavy atom.